The molecule has 0 unspecified atom stereocenters. The SMILES string of the molecule is C=C.C=C/C(=C\C)C1(N)CC1. The fourth-order valence-electron chi connectivity index (χ4n) is 1.03. The lowest BCUT2D eigenvalue weighted by Crippen LogP contribution is -2.23. The molecule has 0 bridgehead atoms. The molecular formula is C10H17N. The maximum absolute atomic E-state index is 5.87. The molecular weight excluding hydrogens is 134 g/mol. The summed E-state index contributed by atoms with van der Waals surface area (Å²) in [4.78, 5) is 0. The normalized spacial score (nSPS) is 19.6. The van der Waals surface area contributed by atoms with Crippen LogP contribution in [0.3, 0.4) is 0 Å². The van der Waals surface area contributed by atoms with E-state index >= 15 is 0 Å². The van der Waals surface area contributed by atoms with E-state index in [1.165, 1.54) is 5.57 Å². The second kappa shape index (κ2) is 4.14. The lowest BCUT2D eigenvalue weighted by Gasteiger charge is -2.07. The van der Waals surface area contributed by atoms with E-state index in [-0.39, 0.29) is 5.54 Å². The van der Waals surface area contributed by atoms with Gasteiger partial charge in [0.2, 0.25) is 0 Å². The molecule has 1 aliphatic rings. The van der Waals surface area contributed by atoms with Crippen LogP contribution in [0, 0.1) is 0 Å². The minimum atomic E-state index is 0.0104. The van der Waals surface area contributed by atoms with Crippen molar-refractivity contribution in [3.05, 3.63) is 37.5 Å². The van der Waals surface area contributed by atoms with Crippen molar-refractivity contribution in [1.29, 1.82) is 0 Å². The average molecular weight is 151 g/mol. The van der Waals surface area contributed by atoms with Crippen LogP contribution in [0.2, 0.25) is 0 Å². The molecule has 0 heterocycles. The Morgan fingerprint density at radius 2 is 1.91 bits per heavy atom. The van der Waals surface area contributed by atoms with Crippen LogP contribution in [-0.2, 0) is 0 Å². The predicted molar refractivity (Wildman–Crippen MR) is 51.4 cm³/mol. The maximum atomic E-state index is 5.87. The van der Waals surface area contributed by atoms with E-state index in [0.29, 0.717) is 0 Å². The van der Waals surface area contributed by atoms with Gasteiger partial charge in [0.25, 0.3) is 0 Å². The van der Waals surface area contributed by atoms with Crippen molar-refractivity contribution in [2.75, 3.05) is 0 Å². The van der Waals surface area contributed by atoms with E-state index in [0.717, 1.165) is 12.8 Å². The lowest BCUT2D eigenvalue weighted by atomic mass is 10.1. The van der Waals surface area contributed by atoms with Crippen LogP contribution in [0.25, 0.3) is 0 Å². The Morgan fingerprint density at radius 3 is 2.00 bits per heavy atom. The molecule has 0 aromatic carbocycles. The van der Waals surface area contributed by atoms with E-state index < -0.39 is 0 Å². The summed E-state index contributed by atoms with van der Waals surface area (Å²) in [6.07, 6.45) is 6.14. The molecule has 1 saturated carbocycles. The van der Waals surface area contributed by atoms with Crippen molar-refractivity contribution in [1.82, 2.24) is 0 Å². The minimum Gasteiger partial charge on any atom is -0.321 e. The lowest BCUT2D eigenvalue weighted by molar-refractivity contribution is 0.814. The molecule has 1 nitrogen and oxygen atoms in total. The van der Waals surface area contributed by atoms with Gasteiger partial charge in [-0.3, -0.25) is 0 Å². The zero-order valence-electron chi connectivity index (χ0n) is 7.27. The van der Waals surface area contributed by atoms with Gasteiger partial charge in [-0.2, -0.15) is 0 Å². The second-order valence-electron chi connectivity index (χ2n) is 2.60. The van der Waals surface area contributed by atoms with Crippen molar-refractivity contribution in [2.45, 2.75) is 25.3 Å². The van der Waals surface area contributed by atoms with E-state index in [1.807, 2.05) is 19.1 Å². The first-order valence-electron chi connectivity index (χ1n) is 3.81. The van der Waals surface area contributed by atoms with Gasteiger partial charge >= 0.3 is 0 Å². The van der Waals surface area contributed by atoms with E-state index in [2.05, 4.69) is 19.7 Å². The molecule has 0 radical (unpaired) electrons. The summed E-state index contributed by atoms with van der Waals surface area (Å²) in [5.41, 5.74) is 7.08. The zero-order chi connectivity index (χ0) is 8.91. The van der Waals surface area contributed by atoms with Gasteiger partial charge in [-0.15, -0.1) is 13.2 Å². The van der Waals surface area contributed by atoms with Gasteiger partial charge in [0.15, 0.2) is 0 Å². The van der Waals surface area contributed by atoms with Crippen LogP contribution in [0.1, 0.15) is 19.8 Å². The fourth-order valence-corrected chi connectivity index (χ4v) is 1.03. The van der Waals surface area contributed by atoms with Gasteiger partial charge < -0.3 is 5.73 Å². The zero-order valence-corrected chi connectivity index (χ0v) is 7.27. The number of allylic oxidation sites excluding steroid dienone is 1. The Hall–Kier alpha value is -0.820. The number of rotatable bonds is 2. The summed E-state index contributed by atoms with van der Waals surface area (Å²) < 4.78 is 0. The summed E-state index contributed by atoms with van der Waals surface area (Å²) in [5.74, 6) is 0. The molecule has 0 aromatic heterocycles. The Labute approximate surface area is 69.3 Å². The molecule has 2 N–H and O–H groups in total. The van der Waals surface area contributed by atoms with Crippen LogP contribution in [0.15, 0.2) is 37.5 Å². The first kappa shape index (κ1) is 10.2. The number of hydrogen-bond acceptors (Lipinski definition) is 1. The highest BCUT2D eigenvalue weighted by Crippen LogP contribution is 2.39. The average Bonchev–Trinajstić information content (AvgIpc) is 2.75. The fraction of sp³-hybridized carbons (Fsp3) is 0.400. The van der Waals surface area contributed by atoms with Crippen LogP contribution >= 0.6 is 0 Å². The van der Waals surface area contributed by atoms with Gasteiger partial charge in [0.1, 0.15) is 0 Å². The molecule has 1 aliphatic carbocycles. The molecule has 0 saturated heterocycles. The van der Waals surface area contributed by atoms with Crippen LogP contribution in [0.4, 0.5) is 0 Å². The van der Waals surface area contributed by atoms with Gasteiger partial charge in [0, 0.05) is 5.54 Å². The first-order chi connectivity index (χ1) is 5.23. The topological polar surface area (TPSA) is 26.0 Å². The first-order valence-corrected chi connectivity index (χ1v) is 3.81. The monoisotopic (exact) mass is 151 g/mol. The maximum Gasteiger partial charge on any atom is 0.0407 e. The number of hydrogen-bond donors (Lipinski definition) is 1. The minimum absolute atomic E-state index is 0.0104. The molecule has 0 atom stereocenters. The van der Waals surface area contributed by atoms with Gasteiger partial charge in [0.05, 0.1) is 0 Å². The highest BCUT2D eigenvalue weighted by molar-refractivity contribution is 5.34. The van der Waals surface area contributed by atoms with Crippen LogP contribution < -0.4 is 5.73 Å². The van der Waals surface area contributed by atoms with E-state index in [1.54, 1.807) is 0 Å². The smallest absolute Gasteiger partial charge is 0.0407 e. The highest BCUT2D eigenvalue weighted by atomic mass is 14.8. The second-order valence-corrected chi connectivity index (χ2v) is 2.60. The Morgan fingerprint density at radius 1 is 1.45 bits per heavy atom. The van der Waals surface area contributed by atoms with Gasteiger partial charge in [-0.25, -0.2) is 0 Å². The summed E-state index contributed by atoms with van der Waals surface area (Å²) >= 11 is 0. The predicted octanol–water partition coefficient (Wildman–Crippen LogP) is 2.41. The van der Waals surface area contributed by atoms with Gasteiger partial charge in [-0.05, 0) is 25.3 Å². The van der Waals surface area contributed by atoms with Gasteiger partial charge in [-0.1, -0.05) is 18.7 Å². The summed E-state index contributed by atoms with van der Waals surface area (Å²) in [6, 6.07) is 0. The van der Waals surface area contributed by atoms with E-state index in [9.17, 15) is 0 Å². The Bertz CT molecular complexity index is 164. The van der Waals surface area contributed by atoms with Crippen molar-refractivity contribution < 1.29 is 0 Å². The third-order valence-corrected chi connectivity index (χ3v) is 1.89. The summed E-state index contributed by atoms with van der Waals surface area (Å²) in [6.45, 7) is 11.7. The molecule has 62 valence electrons. The molecule has 1 rings (SSSR count). The summed E-state index contributed by atoms with van der Waals surface area (Å²) in [5, 5.41) is 0. The van der Waals surface area contributed by atoms with Crippen molar-refractivity contribution in [3.63, 3.8) is 0 Å². The van der Waals surface area contributed by atoms with Crippen LogP contribution in [0.5, 0.6) is 0 Å². The molecule has 0 spiro atoms. The molecule has 11 heavy (non-hydrogen) atoms. The van der Waals surface area contributed by atoms with Crippen molar-refractivity contribution >= 4 is 0 Å². The Balaban J connectivity index is 0.000000461. The Kier molecular flexibility index (Phi) is 3.83. The number of nitrogens with two attached hydrogens (primary N) is 1. The highest BCUT2D eigenvalue weighted by Gasteiger charge is 2.39. The van der Waals surface area contributed by atoms with E-state index in [4.69, 9.17) is 5.73 Å². The third-order valence-electron chi connectivity index (χ3n) is 1.89. The van der Waals surface area contributed by atoms with Crippen molar-refractivity contribution in [2.24, 2.45) is 5.73 Å². The molecule has 0 amide bonds. The standard InChI is InChI=1S/C8H13N.C2H4/c1-3-7(4-2)8(9)5-6-8;1-2/h3-4H,1,5-6,9H2,2H3;1-2H2/b7-4+;. The van der Waals surface area contributed by atoms with Crippen molar-refractivity contribution in [3.8, 4) is 0 Å². The quantitative estimate of drug-likeness (QED) is 0.476. The third kappa shape index (κ3) is 2.35. The molecule has 1 heteroatoms. The molecule has 1 fully saturated rings. The summed E-state index contributed by atoms with van der Waals surface area (Å²) in [7, 11) is 0. The molecule has 0 aromatic rings. The van der Waals surface area contributed by atoms with Crippen LogP contribution in [-0.4, -0.2) is 5.54 Å². The largest absolute Gasteiger partial charge is 0.321 e. The molecule has 0 aliphatic heterocycles.